The highest BCUT2D eigenvalue weighted by Gasteiger charge is 2.12. The summed E-state index contributed by atoms with van der Waals surface area (Å²) in [6, 6.07) is 3.74. The number of methoxy groups -OCH3 is 1. The third-order valence-electron chi connectivity index (χ3n) is 3.93. The van der Waals surface area contributed by atoms with E-state index < -0.39 is 0 Å². The normalized spacial score (nSPS) is 14.6. The minimum Gasteiger partial charge on any atom is -0.493 e. The minimum atomic E-state index is 0.609. The van der Waals surface area contributed by atoms with Crippen molar-refractivity contribution < 1.29 is 9.47 Å². The topological polar surface area (TPSA) is 30.5 Å². The van der Waals surface area contributed by atoms with E-state index in [4.69, 9.17) is 21.1 Å². The van der Waals surface area contributed by atoms with E-state index in [0.717, 1.165) is 30.8 Å². The second-order valence-corrected chi connectivity index (χ2v) is 6.00. The highest BCUT2D eigenvalue weighted by Crippen LogP contribution is 2.34. The zero-order valence-corrected chi connectivity index (χ0v) is 14.3. The maximum atomic E-state index is 6.16. The van der Waals surface area contributed by atoms with Gasteiger partial charge in [-0.1, -0.05) is 23.3 Å². The molecule has 1 N–H and O–H groups in total. The fraction of sp³-hybridized carbons (Fsp3) is 0.556. The lowest BCUT2D eigenvalue weighted by molar-refractivity contribution is 0.307. The zero-order valence-electron chi connectivity index (χ0n) is 13.6. The van der Waals surface area contributed by atoms with Gasteiger partial charge in [0.1, 0.15) is 0 Å². The van der Waals surface area contributed by atoms with Crippen LogP contribution in [0.1, 0.15) is 44.6 Å². The Morgan fingerprint density at radius 2 is 2.14 bits per heavy atom. The van der Waals surface area contributed by atoms with Gasteiger partial charge in [0.2, 0.25) is 0 Å². The highest BCUT2D eigenvalue weighted by molar-refractivity contribution is 6.30. The Kier molecular flexibility index (Phi) is 7.07. The van der Waals surface area contributed by atoms with E-state index in [2.05, 4.69) is 11.4 Å². The molecule has 0 radical (unpaired) electrons. The smallest absolute Gasteiger partial charge is 0.165 e. The summed E-state index contributed by atoms with van der Waals surface area (Å²) in [6.07, 6.45) is 8.72. The number of hydrogen-bond donors (Lipinski definition) is 1. The molecule has 0 spiro atoms. The standard InChI is InChI=1S/C18H26ClNO2/c1-3-22-18-15(11-16(19)12-17(18)21-2)13-20-10-9-14-7-5-4-6-8-14/h7,11-12,20H,3-6,8-10,13H2,1-2H3. The van der Waals surface area contributed by atoms with Gasteiger partial charge in [-0.15, -0.1) is 0 Å². The molecule has 0 amide bonds. The van der Waals surface area contributed by atoms with Crippen LogP contribution in [0.15, 0.2) is 23.8 Å². The first-order chi connectivity index (χ1) is 10.7. The lowest BCUT2D eigenvalue weighted by atomic mass is 9.97. The number of nitrogens with one attached hydrogen (secondary N) is 1. The zero-order chi connectivity index (χ0) is 15.8. The molecule has 122 valence electrons. The van der Waals surface area contributed by atoms with E-state index in [0.29, 0.717) is 17.4 Å². The van der Waals surface area contributed by atoms with Crippen LogP contribution in [0.25, 0.3) is 0 Å². The summed E-state index contributed by atoms with van der Waals surface area (Å²) in [7, 11) is 1.64. The Hall–Kier alpha value is -1.19. The average molecular weight is 324 g/mol. The van der Waals surface area contributed by atoms with Crippen LogP contribution in [-0.4, -0.2) is 20.3 Å². The SMILES string of the molecule is CCOc1c(CNCCC2=CCCCC2)cc(Cl)cc1OC. The van der Waals surface area contributed by atoms with E-state index in [-0.39, 0.29) is 0 Å². The molecule has 1 aromatic carbocycles. The first-order valence-corrected chi connectivity index (χ1v) is 8.50. The summed E-state index contributed by atoms with van der Waals surface area (Å²) in [5.74, 6) is 1.49. The van der Waals surface area contributed by atoms with Crippen molar-refractivity contribution in [2.75, 3.05) is 20.3 Å². The van der Waals surface area contributed by atoms with Crippen molar-refractivity contribution in [3.8, 4) is 11.5 Å². The fourth-order valence-electron chi connectivity index (χ4n) is 2.82. The summed E-state index contributed by atoms with van der Waals surface area (Å²) in [6.45, 7) is 4.30. The van der Waals surface area contributed by atoms with Crippen LogP contribution in [0, 0.1) is 0 Å². The summed E-state index contributed by atoms with van der Waals surface area (Å²) >= 11 is 6.16. The van der Waals surface area contributed by atoms with Gasteiger partial charge in [0.15, 0.2) is 11.5 Å². The first-order valence-electron chi connectivity index (χ1n) is 8.12. The Morgan fingerprint density at radius 1 is 1.27 bits per heavy atom. The largest absolute Gasteiger partial charge is 0.493 e. The molecule has 0 aromatic heterocycles. The van der Waals surface area contributed by atoms with Gasteiger partial charge in [0, 0.05) is 23.2 Å². The molecule has 1 aliphatic carbocycles. The summed E-state index contributed by atoms with van der Waals surface area (Å²) in [4.78, 5) is 0. The molecule has 0 unspecified atom stereocenters. The van der Waals surface area contributed by atoms with Gasteiger partial charge in [0.25, 0.3) is 0 Å². The van der Waals surface area contributed by atoms with Gasteiger partial charge in [-0.3, -0.25) is 0 Å². The van der Waals surface area contributed by atoms with Gasteiger partial charge < -0.3 is 14.8 Å². The third kappa shape index (κ3) is 4.92. The molecular formula is C18H26ClNO2. The van der Waals surface area contributed by atoms with E-state index >= 15 is 0 Å². The molecule has 0 heterocycles. The maximum Gasteiger partial charge on any atom is 0.165 e. The summed E-state index contributed by atoms with van der Waals surface area (Å²) < 4.78 is 11.1. The van der Waals surface area contributed by atoms with Crippen LogP contribution in [0.5, 0.6) is 11.5 Å². The lowest BCUT2D eigenvalue weighted by Crippen LogP contribution is -2.16. The van der Waals surface area contributed by atoms with Crippen molar-refractivity contribution in [2.24, 2.45) is 0 Å². The molecule has 22 heavy (non-hydrogen) atoms. The molecular weight excluding hydrogens is 298 g/mol. The van der Waals surface area contributed by atoms with Crippen LogP contribution in [0.3, 0.4) is 0 Å². The number of halogens is 1. The van der Waals surface area contributed by atoms with E-state index in [1.54, 1.807) is 18.7 Å². The Bertz CT molecular complexity index is 514. The monoisotopic (exact) mass is 323 g/mol. The van der Waals surface area contributed by atoms with Crippen molar-refractivity contribution in [2.45, 2.75) is 45.6 Å². The van der Waals surface area contributed by atoms with E-state index in [1.165, 1.54) is 25.7 Å². The molecule has 0 bridgehead atoms. The maximum absolute atomic E-state index is 6.16. The van der Waals surface area contributed by atoms with Crippen molar-refractivity contribution >= 4 is 11.6 Å². The quantitative estimate of drug-likeness (QED) is 0.554. The number of allylic oxidation sites excluding steroid dienone is 1. The Morgan fingerprint density at radius 3 is 2.82 bits per heavy atom. The molecule has 0 saturated carbocycles. The molecule has 2 rings (SSSR count). The van der Waals surface area contributed by atoms with Crippen LogP contribution in [0.4, 0.5) is 0 Å². The van der Waals surface area contributed by atoms with Crippen molar-refractivity contribution in [3.63, 3.8) is 0 Å². The van der Waals surface area contributed by atoms with E-state index in [1.807, 2.05) is 13.0 Å². The average Bonchev–Trinajstić information content (AvgIpc) is 2.54. The summed E-state index contributed by atoms with van der Waals surface area (Å²) in [5, 5.41) is 4.16. The van der Waals surface area contributed by atoms with Gasteiger partial charge >= 0.3 is 0 Å². The van der Waals surface area contributed by atoms with E-state index in [9.17, 15) is 0 Å². The van der Waals surface area contributed by atoms with Gasteiger partial charge in [0.05, 0.1) is 13.7 Å². The third-order valence-corrected chi connectivity index (χ3v) is 4.15. The molecule has 4 heteroatoms. The van der Waals surface area contributed by atoms with Gasteiger partial charge in [-0.2, -0.15) is 0 Å². The lowest BCUT2D eigenvalue weighted by Gasteiger charge is -2.16. The number of rotatable bonds is 8. The second-order valence-electron chi connectivity index (χ2n) is 5.56. The molecule has 0 saturated heterocycles. The number of ether oxygens (including phenoxy) is 2. The second kappa shape index (κ2) is 9.06. The van der Waals surface area contributed by atoms with Crippen LogP contribution < -0.4 is 14.8 Å². The van der Waals surface area contributed by atoms with Crippen molar-refractivity contribution in [1.82, 2.24) is 5.32 Å². The molecule has 0 aliphatic heterocycles. The van der Waals surface area contributed by atoms with Crippen LogP contribution in [0.2, 0.25) is 5.02 Å². The minimum absolute atomic E-state index is 0.609. The van der Waals surface area contributed by atoms with Crippen molar-refractivity contribution in [3.05, 3.63) is 34.4 Å². The molecule has 0 atom stereocenters. The molecule has 0 fully saturated rings. The van der Waals surface area contributed by atoms with Crippen LogP contribution >= 0.6 is 11.6 Å². The summed E-state index contributed by atoms with van der Waals surface area (Å²) in [5.41, 5.74) is 2.64. The predicted molar refractivity (Wildman–Crippen MR) is 92.0 cm³/mol. The predicted octanol–water partition coefficient (Wildman–Crippen LogP) is 4.73. The van der Waals surface area contributed by atoms with Gasteiger partial charge in [-0.25, -0.2) is 0 Å². The number of hydrogen-bond acceptors (Lipinski definition) is 3. The van der Waals surface area contributed by atoms with Crippen LogP contribution in [-0.2, 0) is 6.54 Å². The Balaban J connectivity index is 1.93. The van der Waals surface area contributed by atoms with Gasteiger partial charge in [-0.05, 0) is 51.6 Å². The first kappa shape index (κ1) is 17.2. The molecule has 1 aromatic rings. The molecule has 3 nitrogen and oxygen atoms in total. The molecule has 1 aliphatic rings. The van der Waals surface area contributed by atoms with Crippen molar-refractivity contribution in [1.29, 1.82) is 0 Å². The number of benzene rings is 1. The highest BCUT2D eigenvalue weighted by atomic mass is 35.5. The Labute approximate surface area is 138 Å². The fourth-order valence-corrected chi connectivity index (χ4v) is 3.05.